The van der Waals surface area contributed by atoms with Gasteiger partial charge in [0.05, 0.1) is 0 Å². The van der Waals surface area contributed by atoms with Crippen LogP contribution < -0.4 is 10.2 Å². The molecule has 0 saturated carbocycles. The van der Waals surface area contributed by atoms with Crippen molar-refractivity contribution in [2.45, 2.75) is 32.0 Å². The van der Waals surface area contributed by atoms with Gasteiger partial charge < -0.3 is 10.2 Å². The van der Waals surface area contributed by atoms with Crippen LogP contribution in [-0.4, -0.2) is 23.2 Å². The number of rotatable bonds is 2. The van der Waals surface area contributed by atoms with Gasteiger partial charge in [-0.2, -0.15) is 0 Å². The number of alkyl halides is 1. The molecule has 2 rings (SSSR count). The molecule has 0 bridgehead atoms. The topological polar surface area (TPSA) is 49.4 Å². The summed E-state index contributed by atoms with van der Waals surface area (Å²) in [7, 11) is 0. The van der Waals surface area contributed by atoms with Crippen LogP contribution in [0, 0.1) is 5.41 Å². The number of carbonyl (C=O) groups is 2. The predicted octanol–water partition coefficient (Wildman–Crippen LogP) is 3.17. The molecule has 2 amide bonds. The van der Waals surface area contributed by atoms with Crippen LogP contribution in [0.1, 0.15) is 27.2 Å². The first-order valence-corrected chi connectivity index (χ1v) is 7.55. The summed E-state index contributed by atoms with van der Waals surface area (Å²) in [4.78, 5) is 25.7. The van der Waals surface area contributed by atoms with E-state index in [1.807, 2.05) is 45.0 Å². The molecule has 1 aliphatic heterocycles. The Labute approximate surface area is 127 Å². The lowest BCUT2D eigenvalue weighted by Gasteiger charge is -2.19. The van der Waals surface area contributed by atoms with Gasteiger partial charge in [-0.25, -0.2) is 0 Å². The molecule has 0 aliphatic carbocycles. The van der Waals surface area contributed by atoms with Gasteiger partial charge in [0.1, 0.15) is 0 Å². The van der Waals surface area contributed by atoms with Gasteiger partial charge in [-0.1, -0.05) is 36.7 Å². The van der Waals surface area contributed by atoms with E-state index in [4.69, 9.17) is 0 Å². The molecule has 1 saturated heterocycles. The van der Waals surface area contributed by atoms with Crippen molar-refractivity contribution >= 4 is 39.1 Å². The Hall–Kier alpha value is -1.36. The van der Waals surface area contributed by atoms with E-state index < -0.39 is 5.41 Å². The third-order valence-electron chi connectivity index (χ3n) is 3.20. The summed E-state index contributed by atoms with van der Waals surface area (Å²) in [5.74, 6) is 0.0985. The van der Waals surface area contributed by atoms with Crippen molar-refractivity contribution in [2.75, 3.05) is 16.8 Å². The number of hydrogen-bond donors (Lipinski definition) is 1. The summed E-state index contributed by atoms with van der Waals surface area (Å²) in [6, 6.07) is 7.38. The maximum absolute atomic E-state index is 11.9. The van der Waals surface area contributed by atoms with E-state index in [2.05, 4.69) is 21.2 Å². The zero-order valence-electron chi connectivity index (χ0n) is 11.9. The van der Waals surface area contributed by atoms with Gasteiger partial charge in [0.25, 0.3) is 0 Å². The smallest absolute Gasteiger partial charge is 0.229 e. The maximum Gasteiger partial charge on any atom is 0.229 e. The maximum atomic E-state index is 11.9. The minimum Gasteiger partial charge on any atom is -0.326 e. The van der Waals surface area contributed by atoms with Gasteiger partial charge in [-0.15, -0.1) is 0 Å². The Morgan fingerprint density at radius 3 is 2.35 bits per heavy atom. The molecule has 5 heteroatoms. The fraction of sp³-hybridized carbons (Fsp3) is 0.467. The lowest BCUT2D eigenvalue weighted by Crippen LogP contribution is -2.27. The molecule has 4 nitrogen and oxygen atoms in total. The van der Waals surface area contributed by atoms with Crippen LogP contribution in [0.15, 0.2) is 24.3 Å². The number of anilines is 2. The molecule has 1 heterocycles. The third-order valence-corrected chi connectivity index (χ3v) is 3.81. The number of nitrogens with zero attached hydrogens (tertiary/aromatic N) is 1. The quantitative estimate of drug-likeness (QED) is 0.842. The van der Waals surface area contributed by atoms with Gasteiger partial charge >= 0.3 is 0 Å². The number of nitrogens with one attached hydrogen (secondary N) is 1. The van der Waals surface area contributed by atoms with Crippen molar-refractivity contribution in [1.29, 1.82) is 0 Å². The standard InChI is InChI=1S/C15H19BrN2O2/c1-15(2,3)14(20)17-11-4-6-12(7-5-11)18-9-10(16)8-13(18)19/h4-7,10H,8-9H2,1-3H3,(H,17,20). The van der Waals surface area contributed by atoms with Gasteiger partial charge in [0, 0.05) is 34.6 Å². The molecule has 1 aliphatic rings. The van der Waals surface area contributed by atoms with Crippen LogP contribution in [-0.2, 0) is 9.59 Å². The molecule has 1 N–H and O–H groups in total. The highest BCUT2D eigenvalue weighted by atomic mass is 79.9. The summed E-state index contributed by atoms with van der Waals surface area (Å²) < 4.78 is 0. The molecule has 1 aromatic rings. The van der Waals surface area contributed by atoms with Crippen LogP contribution in [0.4, 0.5) is 11.4 Å². The van der Waals surface area contributed by atoms with E-state index in [-0.39, 0.29) is 16.6 Å². The average Bonchev–Trinajstić information content (AvgIpc) is 2.68. The SMILES string of the molecule is CC(C)(C)C(=O)Nc1ccc(N2CC(Br)CC2=O)cc1. The highest BCUT2D eigenvalue weighted by molar-refractivity contribution is 9.09. The largest absolute Gasteiger partial charge is 0.326 e. The van der Waals surface area contributed by atoms with E-state index in [1.54, 1.807) is 4.90 Å². The van der Waals surface area contributed by atoms with Gasteiger partial charge in [0.2, 0.25) is 11.8 Å². The zero-order valence-corrected chi connectivity index (χ0v) is 13.5. The summed E-state index contributed by atoms with van der Waals surface area (Å²) in [6.07, 6.45) is 0.530. The minimum absolute atomic E-state index is 0.0250. The highest BCUT2D eigenvalue weighted by Crippen LogP contribution is 2.26. The molecule has 1 unspecified atom stereocenters. The number of carbonyl (C=O) groups excluding carboxylic acids is 2. The first kappa shape index (κ1) is 15.0. The Morgan fingerprint density at radius 1 is 1.30 bits per heavy atom. The van der Waals surface area contributed by atoms with E-state index in [0.717, 1.165) is 11.4 Å². The Morgan fingerprint density at radius 2 is 1.90 bits per heavy atom. The van der Waals surface area contributed by atoms with Crippen LogP contribution in [0.5, 0.6) is 0 Å². The molecule has 0 spiro atoms. The molecule has 0 radical (unpaired) electrons. The van der Waals surface area contributed by atoms with E-state index in [0.29, 0.717) is 13.0 Å². The second kappa shape index (κ2) is 5.56. The minimum atomic E-state index is -0.424. The molecular formula is C15H19BrN2O2. The van der Waals surface area contributed by atoms with Crippen LogP contribution in [0.25, 0.3) is 0 Å². The average molecular weight is 339 g/mol. The van der Waals surface area contributed by atoms with Crippen molar-refractivity contribution in [3.8, 4) is 0 Å². The van der Waals surface area contributed by atoms with Crippen LogP contribution in [0.2, 0.25) is 0 Å². The Bertz CT molecular complexity index is 520. The van der Waals surface area contributed by atoms with Crippen molar-refractivity contribution < 1.29 is 9.59 Å². The van der Waals surface area contributed by atoms with E-state index >= 15 is 0 Å². The lowest BCUT2D eigenvalue weighted by atomic mass is 9.95. The predicted molar refractivity (Wildman–Crippen MR) is 84.2 cm³/mol. The fourth-order valence-electron chi connectivity index (χ4n) is 1.96. The molecular weight excluding hydrogens is 320 g/mol. The van der Waals surface area contributed by atoms with Crippen LogP contribution >= 0.6 is 15.9 Å². The molecule has 20 heavy (non-hydrogen) atoms. The third kappa shape index (κ3) is 3.39. The lowest BCUT2D eigenvalue weighted by molar-refractivity contribution is -0.123. The first-order valence-electron chi connectivity index (χ1n) is 6.63. The summed E-state index contributed by atoms with van der Waals surface area (Å²) in [5, 5.41) is 2.87. The van der Waals surface area contributed by atoms with Gasteiger partial charge in [-0.3, -0.25) is 9.59 Å². The fourth-order valence-corrected chi connectivity index (χ4v) is 2.52. The van der Waals surface area contributed by atoms with Crippen molar-refractivity contribution in [3.63, 3.8) is 0 Å². The number of halogens is 1. The van der Waals surface area contributed by atoms with E-state index in [1.165, 1.54) is 0 Å². The normalized spacial score (nSPS) is 19.3. The second-order valence-corrected chi connectivity index (χ2v) is 7.35. The van der Waals surface area contributed by atoms with Crippen LogP contribution in [0.3, 0.4) is 0 Å². The van der Waals surface area contributed by atoms with Gasteiger partial charge in [-0.05, 0) is 24.3 Å². The number of amides is 2. The molecule has 108 valence electrons. The summed E-state index contributed by atoms with van der Waals surface area (Å²) in [5.41, 5.74) is 1.19. The number of benzene rings is 1. The Kier molecular flexibility index (Phi) is 4.18. The van der Waals surface area contributed by atoms with E-state index in [9.17, 15) is 9.59 Å². The van der Waals surface area contributed by atoms with Crippen molar-refractivity contribution in [2.24, 2.45) is 5.41 Å². The number of hydrogen-bond acceptors (Lipinski definition) is 2. The second-order valence-electron chi connectivity index (χ2n) is 6.06. The molecule has 1 aromatic carbocycles. The summed E-state index contributed by atoms with van der Waals surface area (Å²) >= 11 is 3.47. The highest BCUT2D eigenvalue weighted by Gasteiger charge is 2.28. The molecule has 0 aromatic heterocycles. The summed E-state index contributed by atoms with van der Waals surface area (Å²) in [6.45, 7) is 6.30. The monoisotopic (exact) mass is 338 g/mol. The molecule has 1 atom stereocenters. The van der Waals surface area contributed by atoms with Crippen molar-refractivity contribution in [3.05, 3.63) is 24.3 Å². The Balaban J connectivity index is 2.07. The first-order chi connectivity index (χ1) is 9.27. The molecule has 1 fully saturated rings. The van der Waals surface area contributed by atoms with Crippen molar-refractivity contribution in [1.82, 2.24) is 0 Å². The van der Waals surface area contributed by atoms with Gasteiger partial charge in [0.15, 0.2) is 0 Å². The zero-order chi connectivity index (χ0) is 14.9.